The number of ether oxygens (including phenoxy) is 1. The van der Waals surface area contributed by atoms with Crippen molar-refractivity contribution in [1.82, 2.24) is 4.90 Å². The SMILES string of the molecule is CCOc1ccccc1NCN1C(=O)/C(=C\c2ccc(Cl)c(Cl)c2)SC1=S. The Labute approximate surface area is 177 Å². The number of carbonyl (C=O) groups excluding carboxylic acids is 1. The third-order valence-electron chi connectivity index (χ3n) is 3.73. The van der Waals surface area contributed by atoms with Gasteiger partial charge in [-0.2, -0.15) is 0 Å². The molecule has 1 saturated heterocycles. The quantitative estimate of drug-likeness (QED) is 0.465. The molecular formula is C19H16Cl2N2O2S2. The van der Waals surface area contributed by atoms with E-state index < -0.39 is 0 Å². The summed E-state index contributed by atoms with van der Waals surface area (Å²) in [6.07, 6.45) is 1.76. The lowest BCUT2D eigenvalue weighted by Gasteiger charge is -2.18. The normalized spacial score (nSPS) is 15.5. The molecule has 0 bridgehead atoms. The Balaban J connectivity index is 1.73. The van der Waals surface area contributed by atoms with Crippen LogP contribution in [0, 0.1) is 0 Å². The highest BCUT2D eigenvalue weighted by atomic mass is 35.5. The van der Waals surface area contributed by atoms with Gasteiger partial charge in [0, 0.05) is 0 Å². The number of anilines is 1. The van der Waals surface area contributed by atoms with Crippen molar-refractivity contribution in [2.75, 3.05) is 18.6 Å². The zero-order chi connectivity index (χ0) is 19.4. The number of thiocarbonyl (C=S) groups is 1. The number of carbonyl (C=O) groups is 1. The minimum absolute atomic E-state index is 0.155. The van der Waals surface area contributed by atoms with Crippen molar-refractivity contribution in [2.45, 2.75) is 6.92 Å². The van der Waals surface area contributed by atoms with E-state index in [1.165, 1.54) is 16.7 Å². The third-order valence-corrected chi connectivity index (χ3v) is 5.85. The van der Waals surface area contributed by atoms with Crippen molar-refractivity contribution in [3.63, 3.8) is 0 Å². The van der Waals surface area contributed by atoms with Gasteiger partial charge in [0.15, 0.2) is 0 Å². The molecular weight excluding hydrogens is 423 g/mol. The highest BCUT2D eigenvalue weighted by Crippen LogP contribution is 2.34. The number of para-hydroxylation sites is 2. The fourth-order valence-corrected chi connectivity index (χ4v) is 4.01. The van der Waals surface area contributed by atoms with Gasteiger partial charge in [-0.3, -0.25) is 9.69 Å². The van der Waals surface area contributed by atoms with E-state index in [1.54, 1.807) is 24.3 Å². The van der Waals surface area contributed by atoms with E-state index in [1.807, 2.05) is 31.2 Å². The van der Waals surface area contributed by atoms with E-state index in [0.29, 0.717) is 25.9 Å². The molecule has 0 saturated carbocycles. The molecule has 0 unspecified atom stereocenters. The molecule has 1 N–H and O–H groups in total. The van der Waals surface area contributed by atoms with Gasteiger partial charge in [0.2, 0.25) is 0 Å². The molecule has 140 valence electrons. The molecule has 2 aromatic rings. The van der Waals surface area contributed by atoms with Gasteiger partial charge in [0.05, 0.1) is 33.9 Å². The number of nitrogens with zero attached hydrogens (tertiary/aromatic N) is 1. The summed E-state index contributed by atoms with van der Waals surface area (Å²) in [6, 6.07) is 12.8. The maximum absolute atomic E-state index is 12.7. The molecule has 27 heavy (non-hydrogen) atoms. The Hall–Kier alpha value is -1.73. The monoisotopic (exact) mass is 438 g/mol. The van der Waals surface area contributed by atoms with Gasteiger partial charge in [0.1, 0.15) is 10.1 Å². The maximum atomic E-state index is 12.7. The predicted octanol–water partition coefficient (Wildman–Crippen LogP) is 5.66. The average molecular weight is 439 g/mol. The molecule has 4 nitrogen and oxygen atoms in total. The Kier molecular flexibility index (Phi) is 6.65. The minimum atomic E-state index is -0.155. The second-order valence-electron chi connectivity index (χ2n) is 5.55. The van der Waals surface area contributed by atoms with E-state index in [4.69, 9.17) is 40.2 Å². The summed E-state index contributed by atoms with van der Waals surface area (Å²) in [6.45, 7) is 2.74. The summed E-state index contributed by atoms with van der Waals surface area (Å²) in [4.78, 5) is 14.8. The number of amides is 1. The molecule has 3 rings (SSSR count). The molecule has 1 aliphatic heterocycles. The molecule has 1 aliphatic rings. The van der Waals surface area contributed by atoms with Crippen molar-refractivity contribution in [3.8, 4) is 5.75 Å². The first kappa shape index (κ1) is 20.0. The molecule has 2 aromatic carbocycles. The van der Waals surface area contributed by atoms with Gasteiger partial charge in [-0.05, 0) is 42.8 Å². The van der Waals surface area contributed by atoms with E-state index >= 15 is 0 Å². The summed E-state index contributed by atoms with van der Waals surface area (Å²) in [5.74, 6) is 0.578. The van der Waals surface area contributed by atoms with E-state index in [-0.39, 0.29) is 12.6 Å². The second-order valence-corrected chi connectivity index (χ2v) is 8.04. The number of hydrogen-bond donors (Lipinski definition) is 1. The molecule has 0 aromatic heterocycles. The third kappa shape index (κ3) is 4.76. The second kappa shape index (κ2) is 8.97. The lowest BCUT2D eigenvalue weighted by Crippen LogP contribution is -2.33. The lowest BCUT2D eigenvalue weighted by molar-refractivity contribution is -0.121. The maximum Gasteiger partial charge on any atom is 0.267 e. The summed E-state index contributed by atoms with van der Waals surface area (Å²) in [5, 5.41) is 4.13. The molecule has 0 radical (unpaired) electrons. The Bertz CT molecular complexity index is 918. The number of thioether (sulfide) groups is 1. The summed E-state index contributed by atoms with van der Waals surface area (Å²) >= 11 is 18.6. The predicted molar refractivity (Wildman–Crippen MR) is 118 cm³/mol. The fourth-order valence-electron chi connectivity index (χ4n) is 2.45. The standard InChI is InChI=1S/C19H16Cl2N2O2S2/c1-2-25-16-6-4-3-5-15(16)22-11-23-18(24)17(27-19(23)26)10-12-7-8-13(20)14(21)9-12/h3-10,22H,2,11H2,1H3/b17-10+. The van der Waals surface area contributed by atoms with Crippen LogP contribution in [0.4, 0.5) is 5.69 Å². The van der Waals surface area contributed by atoms with Crippen molar-refractivity contribution < 1.29 is 9.53 Å². The largest absolute Gasteiger partial charge is 0.492 e. The Morgan fingerprint density at radius 3 is 2.74 bits per heavy atom. The first-order valence-corrected chi connectivity index (χ1v) is 10.1. The van der Waals surface area contributed by atoms with E-state index in [2.05, 4.69) is 5.32 Å². The van der Waals surface area contributed by atoms with Crippen LogP contribution >= 0.6 is 47.2 Å². The number of nitrogens with one attached hydrogen (secondary N) is 1. The Morgan fingerprint density at radius 2 is 2.00 bits per heavy atom. The fraction of sp³-hybridized carbons (Fsp3) is 0.158. The zero-order valence-electron chi connectivity index (χ0n) is 14.4. The number of hydrogen-bond acceptors (Lipinski definition) is 5. The van der Waals surface area contributed by atoms with Crippen LogP contribution in [0.5, 0.6) is 5.75 Å². The molecule has 0 spiro atoms. The van der Waals surface area contributed by atoms with Gasteiger partial charge in [-0.1, -0.05) is 65.4 Å². The van der Waals surface area contributed by atoms with Crippen molar-refractivity contribution in [3.05, 3.63) is 63.0 Å². The molecule has 1 amide bonds. The molecule has 0 aliphatic carbocycles. The van der Waals surface area contributed by atoms with Crippen molar-refractivity contribution >= 4 is 69.2 Å². The molecule has 1 heterocycles. The molecule has 8 heteroatoms. The number of halogens is 2. The van der Waals surface area contributed by atoms with Gasteiger partial charge >= 0.3 is 0 Å². The highest BCUT2D eigenvalue weighted by molar-refractivity contribution is 8.26. The van der Waals surface area contributed by atoms with Crippen molar-refractivity contribution in [2.24, 2.45) is 0 Å². The van der Waals surface area contributed by atoms with Crippen LogP contribution in [0.15, 0.2) is 47.4 Å². The van der Waals surface area contributed by atoms with Crippen LogP contribution < -0.4 is 10.1 Å². The number of rotatable bonds is 6. The molecule has 1 fully saturated rings. The average Bonchev–Trinajstić information content (AvgIpc) is 2.91. The van der Waals surface area contributed by atoms with Crippen LogP contribution in [0.25, 0.3) is 6.08 Å². The summed E-state index contributed by atoms with van der Waals surface area (Å²) in [7, 11) is 0. The van der Waals surface area contributed by atoms with Crippen LogP contribution in [0.1, 0.15) is 12.5 Å². The van der Waals surface area contributed by atoms with Crippen LogP contribution in [-0.4, -0.2) is 28.4 Å². The highest BCUT2D eigenvalue weighted by Gasteiger charge is 2.31. The number of benzene rings is 2. The van der Waals surface area contributed by atoms with Gasteiger partial charge < -0.3 is 10.1 Å². The molecule has 0 atom stereocenters. The first-order chi connectivity index (χ1) is 13.0. The lowest BCUT2D eigenvalue weighted by atomic mass is 10.2. The van der Waals surface area contributed by atoms with E-state index in [9.17, 15) is 4.79 Å². The van der Waals surface area contributed by atoms with Gasteiger partial charge in [-0.25, -0.2) is 0 Å². The smallest absolute Gasteiger partial charge is 0.267 e. The zero-order valence-corrected chi connectivity index (χ0v) is 17.5. The topological polar surface area (TPSA) is 41.6 Å². The van der Waals surface area contributed by atoms with Crippen LogP contribution in [0.2, 0.25) is 10.0 Å². The van der Waals surface area contributed by atoms with Crippen molar-refractivity contribution in [1.29, 1.82) is 0 Å². The van der Waals surface area contributed by atoms with E-state index in [0.717, 1.165) is 17.0 Å². The Morgan fingerprint density at radius 1 is 1.22 bits per heavy atom. The summed E-state index contributed by atoms with van der Waals surface area (Å²) in [5.41, 5.74) is 1.60. The summed E-state index contributed by atoms with van der Waals surface area (Å²) < 4.78 is 6.08. The van der Waals surface area contributed by atoms with Gasteiger partial charge in [-0.15, -0.1) is 0 Å². The minimum Gasteiger partial charge on any atom is -0.492 e. The van der Waals surface area contributed by atoms with Gasteiger partial charge in [0.25, 0.3) is 5.91 Å². The van der Waals surface area contributed by atoms with Crippen LogP contribution in [-0.2, 0) is 4.79 Å². The van der Waals surface area contributed by atoms with Crippen LogP contribution in [0.3, 0.4) is 0 Å². The first-order valence-electron chi connectivity index (χ1n) is 8.15.